The fraction of sp³-hybridized carbons (Fsp3) is 0.100. The highest BCUT2D eigenvalue weighted by Crippen LogP contribution is 2.34. The summed E-state index contributed by atoms with van der Waals surface area (Å²) in [6.45, 7) is 0. The average Bonchev–Trinajstić information content (AvgIpc) is 2.72. The standard InChI is InChI=1S/C20H18N2O7S/c23-18-11-16(30-29-28-27)10-12-9-15(5-6-17(12)18)21-13-1-3-14(4-2-13)22-19(24)7-8-20(25)26/h1-6,9-11,21,23,27H,7-8H2,(H,22,24)(H,25,26). The second-order valence-electron chi connectivity index (χ2n) is 6.25. The maximum Gasteiger partial charge on any atom is 0.303 e. The summed E-state index contributed by atoms with van der Waals surface area (Å²) in [5.74, 6) is -1.32. The molecule has 0 heterocycles. The minimum Gasteiger partial charge on any atom is -0.507 e. The summed E-state index contributed by atoms with van der Waals surface area (Å²) in [5.41, 5.74) is 2.10. The molecule has 156 valence electrons. The normalized spacial score (nSPS) is 10.7. The number of hydrogen-bond donors (Lipinski definition) is 5. The zero-order chi connectivity index (χ0) is 21.5. The molecule has 0 saturated carbocycles. The van der Waals surface area contributed by atoms with E-state index in [1.807, 2.05) is 12.1 Å². The van der Waals surface area contributed by atoms with Crippen LogP contribution in [0.1, 0.15) is 12.8 Å². The molecule has 5 N–H and O–H groups in total. The lowest BCUT2D eigenvalue weighted by Gasteiger charge is -2.11. The Labute approximate surface area is 175 Å². The fourth-order valence-corrected chi connectivity index (χ4v) is 3.19. The molecule has 30 heavy (non-hydrogen) atoms. The lowest BCUT2D eigenvalue weighted by molar-refractivity contribution is -0.432. The molecule has 1 amide bonds. The molecule has 0 radical (unpaired) electrons. The van der Waals surface area contributed by atoms with Gasteiger partial charge in [0, 0.05) is 33.8 Å². The lowest BCUT2D eigenvalue weighted by atomic mass is 10.1. The number of phenols is 1. The van der Waals surface area contributed by atoms with Gasteiger partial charge in [-0.2, -0.15) is 0 Å². The summed E-state index contributed by atoms with van der Waals surface area (Å²) in [6.07, 6.45) is -0.308. The number of anilines is 3. The molecule has 9 nitrogen and oxygen atoms in total. The molecule has 0 aromatic heterocycles. The van der Waals surface area contributed by atoms with Gasteiger partial charge in [-0.25, -0.2) is 5.26 Å². The molecule has 0 aliphatic heterocycles. The van der Waals surface area contributed by atoms with Crippen molar-refractivity contribution < 1.29 is 34.4 Å². The van der Waals surface area contributed by atoms with E-state index < -0.39 is 5.97 Å². The first kappa shape index (κ1) is 21.4. The third-order valence-corrected chi connectivity index (χ3v) is 4.65. The molecule has 0 saturated heterocycles. The average molecular weight is 430 g/mol. The van der Waals surface area contributed by atoms with Gasteiger partial charge in [0.1, 0.15) is 5.75 Å². The highest BCUT2D eigenvalue weighted by atomic mass is 32.2. The number of phenolic OH excluding ortho intramolecular Hbond substituents is 1. The zero-order valence-corrected chi connectivity index (χ0v) is 16.3. The molecular formula is C20H18N2O7S. The molecule has 0 bridgehead atoms. The van der Waals surface area contributed by atoms with E-state index in [-0.39, 0.29) is 24.5 Å². The van der Waals surface area contributed by atoms with Crippen LogP contribution < -0.4 is 10.6 Å². The number of fused-ring (bicyclic) bond motifs is 1. The Morgan fingerprint density at radius 3 is 2.33 bits per heavy atom. The maximum absolute atomic E-state index is 11.7. The molecule has 0 aliphatic carbocycles. The van der Waals surface area contributed by atoms with E-state index in [9.17, 15) is 14.7 Å². The quantitative estimate of drug-likeness (QED) is 0.188. The van der Waals surface area contributed by atoms with Crippen LogP contribution in [0, 0.1) is 0 Å². The van der Waals surface area contributed by atoms with Crippen molar-refractivity contribution in [2.45, 2.75) is 17.7 Å². The third-order valence-electron chi connectivity index (χ3n) is 4.09. The van der Waals surface area contributed by atoms with Gasteiger partial charge >= 0.3 is 5.97 Å². The van der Waals surface area contributed by atoms with Crippen molar-refractivity contribution in [1.29, 1.82) is 0 Å². The number of aromatic hydroxyl groups is 1. The molecule has 0 unspecified atom stereocenters. The second-order valence-corrected chi connectivity index (χ2v) is 7.02. The maximum atomic E-state index is 11.7. The van der Waals surface area contributed by atoms with Gasteiger partial charge in [0.15, 0.2) is 0 Å². The Hall–Kier alpha value is -3.31. The van der Waals surface area contributed by atoms with Crippen LogP contribution in [0.15, 0.2) is 59.5 Å². The number of amides is 1. The molecule has 0 spiro atoms. The first-order valence-corrected chi connectivity index (χ1v) is 9.49. The van der Waals surface area contributed by atoms with Crippen molar-refractivity contribution in [3.05, 3.63) is 54.6 Å². The van der Waals surface area contributed by atoms with E-state index in [2.05, 4.69) is 20.0 Å². The number of rotatable bonds is 9. The smallest absolute Gasteiger partial charge is 0.303 e. The van der Waals surface area contributed by atoms with Crippen LogP contribution in [-0.4, -0.2) is 27.3 Å². The van der Waals surface area contributed by atoms with Crippen molar-refractivity contribution in [3.8, 4) is 5.75 Å². The largest absolute Gasteiger partial charge is 0.507 e. The van der Waals surface area contributed by atoms with Gasteiger partial charge in [-0.05, 0) is 60.0 Å². The molecule has 3 aromatic rings. The van der Waals surface area contributed by atoms with Crippen molar-refractivity contribution >= 4 is 51.8 Å². The SMILES string of the molecule is O=C(O)CCC(=O)Nc1ccc(Nc2ccc3c(O)cc(SOOO)cc3c2)cc1. The van der Waals surface area contributed by atoms with Crippen LogP contribution >= 0.6 is 12.0 Å². The molecular weight excluding hydrogens is 412 g/mol. The Morgan fingerprint density at radius 1 is 0.933 bits per heavy atom. The van der Waals surface area contributed by atoms with Crippen molar-refractivity contribution in [2.75, 3.05) is 10.6 Å². The molecule has 0 aliphatic rings. The molecule has 0 fully saturated rings. The van der Waals surface area contributed by atoms with E-state index in [1.54, 1.807) is 36.4 Å². The van der Waals surface area contributed by atoms with E-state index >= 15 is 0 Å². The molecule has 3 aromatic carbocycles. The number of carbonyl (C=O) groups excluding carboxylic acids is 1. The predicted molar refractivity (Wildman–Crippen MR) is 111 cm³/mol. The Bertz CT molecular complexity index is 1060. The van der Waals surface area contributed by atoms with Crippen molar-refractivity contribution in [3.63, 3.8) is 0 Å². The second kappa shape index (κ2) is 9.94. The number of nitrogens with one attached hydrogen (secondary N) is 2. The fourth-order valence-electron chi connectivity index (χ4n) is 2.75. The van der Waals surface area contributed by atoms with Crippen LogP contribution in [0.2, 0.25) is 0 Å². The summed E-state index contributed by atoms with van der Waals surface area (Å²) in [5, 5.41) is 37.9. The van der Waals surface area contributed by atoms with Gasteiger partial charge in [-0.3, -0.25) is 9.59 Å². The van der Waals surface area contributed by atoms with Gasteiger partial charge in [-0.15, -0.1) is 4.33 Å². The van der Waals surface area contributed by atoms with Gasteiger partial charge in [0.25, 0.3) is 0 Å². The van der Waals surface area contributed by atoms with E-state index in [1.165, 1.54) is 6.07 Å². The predicted octanol–water partition coefficient (Wildman–Crippen LogP) is 4.52. The van der Waals surface area contributed by atoms with Gasteiger partial charge in [0.2, 0.25) is 5.91 Å². The van der Waals surface area contributed by atoms with Crippen LogP contribution in [0.3, 0.4) is 0 Å². The highest BCUT2D eigenvalue weighted by Gasteiger charge is 2.08. The van der Waals surface area contributed by atoms with Crippen molar-refractivity contribution in [2.24, 2.45) is 0 Å². The van der Waals surface area contributed by atoms with Gasteiger partial charge < -0.3 is 20.8 Å². The first-order chi connectivity index (χ1) is 14.4. The van der Waals surface area contributed by atoms with Gasteiger partial charge in [-0.1, -0.05) is 5.04 Å². The number of carboxylic acids is 1. The van der Waals surface area contributed by atoms with Crippen molar-refractivity contribution in [1.82, 2.24) is 0 Å². The van der Waals surface area contributed by atoms with Crippen LogP contribution in [0.4, 0.5) is 17.1 Å². The highest BCUT2D eigenvalue weighted by molar-refractivity contribution is 7.94. The Kier molecular flexibility index (Phi) is 7.09. The number of carboxylic acid groups (broad SMARTS) is 1. The molecule has 3 rings (SSSR count). The topological polar surface area (TPSA) is 137 Å². The van der Waals surface area contributed by atoms with E-state index in [4.69, 9.17) is 10.4 Å². The van der Waals surface area contributed by atoms with Gasteiger partial charge in [0.05, 0.1) is 18.5 Å². The minimum atomic E-state index is -1.02. The number of benzene rings is 3. The monoisotopic (exact) mass is 430 g/mol. The Balaban J connectivity index is 1.69. The van der Waals surface area contributed by atoms with Crippen LogP contribution in [0.5, 0.6) is 5.75 Å². The summed E-state index contributed by atoms with van der Waals surface area (Å²) in [4.78, 5) is 22.7. The van der Waals surface area contributed by atoms with E-state index in [0.717, 1.165) is 28.8 Å². The lowest BCUT2D eigenvalue weighted by Crippen LogP contribution is -2.13. The van der Waals surface area contributed by atoms with E-state index in [0.29, 0.717) is 16.0 Å². The summed E-state index contributed by atoms with van der Waals surface area (Å²) >= 11 is 0.751. The molecule has 0 atom stereocenters. The summed E-state index contributed by atoms with van der Waals surface area (Å²) < 4.78 is 4.40. The van der Waals surface area contributed by atoms with Crippen LogP contribution in [-0.2, 0) is 19.0 Å². The summed E-state index contributed by atoms with van der Waals surface area (Å²) in [6, 6.07) is 15.6. The third kappa shape index (κ3) is 5.84. The zero-order valence-electron chi connectivity index (χ0n) is 15.5. The number of carbonyl (C=O) groups is 2. The number of hydrogen-bond acceptors (Lipinski definition) is 8. The van der Waals surface area contributed by atoms with Crippen LogP contribution in [0.25, 0.3) is 10.8 Å². The first-order valence-electron chi connectivity index (χ1n) is 8.75. The minimum absolute atomic E-state index is 0.0612. The molecule has 10 heteroatoms. The number of aliphatic carboxylic acids is 1. The summed E-state index contributed by atoms with van der Waals surface area (Å²) in [7, 11) is 0. The Morgan fingerprint density at radius 2 is 1.63 bits per heavy atom.